The van der Waals surface area contributed by atoms with E-state index in [0.717, 1.165) is 92.0 Å². The van der Waals surface area contributed by atoms with E-state index in [4.69, 9.17) is 4.74 Å². The molecule has 10 rings (SSSR count). The van der Waals surface area contributed by atoms with E-state index < -0.39 is 51.0 Å². The highest BCUT2D eigenvalue weighted by Gasteiger charge is 2.39. The van der Waals surface area contributed by atoms with Gasteiger partial charge in [-0.15, -0.1) is 0 Å². The number of nitrogens with one attached hydrogen (secondary N) is 2. The second-order valence-electron chi connectivity index (χ2n) is 17.9. The van der Waals surface area contributed by atoms with Gasteiger partial charge in [0.15, 0.2) is 11.6 Å². The fourth-order valence-electron chi connectivity index (χ4n) is 9.94. The molecule has 2 atom stereocenters. The van der Waals surface area contributed by atoms with Crippen LogP contribution in [0.1, 0.15) is 53.6 Å². The molecule has 0 saturated carbocycles. The number of alkyl halides is 1. The first-order chi connectivity index (χ1) is 32.8. The summed E-state index contributed by atoms with van der Waals surface area (Å²) in [4.78, 5) is 64.5. The monoisotopic (exact) mass is 946 g/mol. The first-order valence-corrected chi connectivity index (χ1v) is 24.2. The molecule has 17 nitrogen and oxygen atoms in total. The van der Waals surface area contributed by atoms with Crippen molar-refractivity contribution in [1.82, 2.24) is 29.0 Å². The maximum absolute atomic E-state index is 15.2. The van der Waals surface area contributed by atoms with Crippen molar-refractivity contribution < 1.29 is 36.3 Å². The Hall–Kier alpha value is -6.95. The van der Waals surface area contributed by atoms with Crippen LogP contribution in [0.15, 0.2) is 83.9 Å². The third-order valence-electron chi connectivity index (χ3n) is 13.7. The van der Waals surface area contributed by atoms with Gasteiger partial charge < -0.3 is 19.4 Å². The van der Waals surface area contributed by atoms with Gasteiger partial charge in [-0.05, 0) is 110 Å². The van der Waals surface area contributed by atoms with E-state index in [1.807, 2.05) is 36.4 Å². The molecule has 4 saturated heterocycles. The van der Waals surface area contributed by atoms with Gasteiger partial charge >= 0.3 is 10.2 Å². The van der Waals surface area contributed by atoms with Crippen LogP contribution in [0, 0.1) is 23.1 Å². The fourth-order valence-corrected chi connectivity index (χ4v) is 11.2. The lowest BCUT2D eigenvalue weighted by atomic mass is 9.95. The Morgan fingerprint density at radius 2 is 1.57 bits per heavy atom. The number of piperidine rings is 2. The third-order valence-corrected chi connectivity index (χ3v) is 15.2. The third kappa shape index (κ3) is 8.84. The Morgan fingerprint density at radius 1 is 0.838 bits per heavy atom. The molecule has 20 heteroatoms. The molecule has 5 aliphatic rings. The Morgan fingerprint density at radius 3 is 2.29 bits per heavy atom. The molecule has 5 aliphatic heterocycles. The Labute approximate surface area is 390 Å². The van der Waals surface area contributed by atoms with Crippen LogP contribution in [0.5, 0.6) is 11.5 Å². The second kappa shape index (κ2) is 18.3. The molecule has 352 valence electrons. The van der Waals surface area contributed by atoms with Gasteiger partial charge in [-0.2, -0.15) is 18.0 Å². The summed E-state index contributed by atoms with van der Waals surface area (Å²) in [7, 11) is -4.24. The summed E-state index contributed by atoms with van der Waals surface area (Å²) in [5.41, 5.74) is 3.51. The minimum Gasteiger partial charge on any atom is -0.453 e. The van der Waals surface area contributed by atoms with Crippen molar-refractivity contribution in [3.63, 3.8) is 0 Å². The SMILES string of the molecule is N#Cc1c(NS(=O)(=O)N2CC[C@@H](F)C2)ccc(F)c1Oc1ccc2ncn(-c3ccc(N4CCN(CC5CCN(c6ccc7c(c6)CN([C@H]6CCC(=O)NC6=O)C7=O)CC5)CC4)cc3)c(=O)c2c1. The highest BCUT2D eigenvalue weighted by molar-refractivity contribution is 7.90. The molecule has 68 heavy (non-hydrogen) atoms. The molecule has 3 amide bonds. The Kier molecular flexibility index (Phi) is 12.1. The molecule has 2 N–H and O–H groups in total. The van der Waals surface area contributed by atoms with E-state index in [9.17, 15) is 37.2 Å². The minimum absolute atomic E-state index is 0.0155. The van der Waals surface area contributed by atoms with Crippen LogP contribution in [0.2, 0.25) is 0 Å². The quantitative estimate of drug-likeness (QED) is 0.174. The molecule has 4 aromatic carbocycles. The summed E-state index contributed by atoms with van der Waals surface area (Å²) in [6.07, 6.45) is 2.85. The maximum Gasteiger partial charge on any atom is 0.301 e. The number of piperazine rings is 1. The lowest BCUT2D eigenvalue weighted by molar-refractivity contribution is -0.136. The number of carbonyl (C=O) groups is 3. The van der Waals surface area contributed by atoms with Gasteiger partial charge in [-0.25, -0.2) is 13.8 Å². The molecule has 4 fully saturated rings. The minimum atomic E-state index is -4.24. The van der Waals surface area contributed by atoms with E-state index in [0.29, 0.717) is 35.7 Å². The number of fused-ring (bicyclic) bond motifs is 2. The maximum atomic E-state index is 15.2. The molecule has 0 radical (unpaired) electrons. The van der Waals surface area contributed by atoms with Gasteiger partial charge in [0.2, 0.25) is 11.8 Å². The number of aromatic nitrogens is 2. The molecule has 0 unspecified atom stereocenters. The average molecular weight is 947 g/mol. The van der Waals surface area contributed by atoms with E-state index in [-0.39, 0.29) is 54.6 Å². The van der Waals surface area contributed by atoms with Gasteiger partial charge in [0.25, 0.3) is 11.5 Å². The van der Waals surface area contributed by atoms with E-state index >= 15 is 4.39 Å². The predicted octanol–water partition coefficient (Wildman–Crippen LogP) is 4.69. The van der Waals surface area contributed by atoms with E-state index in [2.05, 4.69) is 35.8 Å². The number of hydrogen-bond acceptors (Lipinski definition) is 12. The number of anilines is 3. The molecular formula is C48H48F2N10O7S. The van der Waals surface area contributed by atoms with Crippen molar-refractivity contribution in [2.24, 2.45) is 5.92 Å². The molecule has 5 aromatic rings. The molecule has 0 spiro atoms. The number of nitrogens with zero attached hydrogens (tertiary/aromatic N) is 8. The Bertz CT molecular complexity index is 3040. The van der Waals surface area contributed by atoms with E-state index in [1.165, 1.54) is 29.1 Å². The van der Waals surface area contributed by atoms with Crippen LogP contribution < -0.4 is 30.1 Å². The Balaban J connectivity index is 0.733. The highest BCUT2D eigenvalue weighted by Crippen LogP contribution is 2.36. The van der Waals surface area contributed by atoms with Crippen LogP contribution in [0.4, 0.5) is 25.8 Å². The van der Waals surface area contributed by atoms with Gasteiger partial charge in [0, 0.05) is 88.8 Å². The van der Waals surface area contributed by atoms with Gasteiger partial charge in [0.05, 0.1) is 22.3 Å². The standard InChI is InChI=1S/C48H48F2N10O7S/c49-32-15-18-58(28-32)68(65,66)54-42-10-8-40(50)45(39(42)25-51)67-36-6-9-41-38(24-36)48(64)60(29-52-41)34-3-1-33(2-4-34)57-21-19-55(20-22-57)26-30-13-16-56(17-14-30)35-5-7-37-31(23-35)27-59(47(37)63)43-11-12-44(61)53-46(43)62/h1-10,23-24,29-30,32,43,54H,11-22,26-28H2,(H,53,61,62)/t32-,43+/m1/s1. The van der Waals surface area contributed by atoms with Crippen LogP contribution in [-0.2, 0) is 26.3 Å². The van der Waals surface area contributed by atoms with Gasteiger partial charge in [0.1, 0.15) is 35.9 Å². The smallest absolute Gasteiger partial charge is 0.301 e. The van der Waals surface area contributed by atoms with Crippen LogP contribution in [-0.4, -0.2) is 121 Å². The number of hydrogen-bond donors (Lipinski definition) is 2. The number of imide groups is 1. The molecular weight excluding hydrogens is 899 g/mol. The average Bonchev–Trinajstić information content (AvgIpc) is 3.93. The van der Waals surface area contributed by atoms with Crippen LogP contribution in [0.25, 0.3) is 16.6 Å². The molecule has 1 aromatic heterocycles. The molecule has 6 heterocycles. The first kappa shape index (κ1) is 44.9. The largest absolute Gasteiger partial charge is 0.453 e. The van der Waals surface area contributed by atoms with Gasteiger partial charge in [-0.3, -0.25) is 38.7 Å². The molecule has 0 bridgehead atoms. The number of carbonyl (C=O) groups excluding carboxylic acids is 3. The summed E-state index contributed by atoms with van der Waals surface area (Å²) in [5, 5.41) is 12.5. The van der Waals surface area contributed by atoms with Crippen LogP contribution in [0.3, 0.4) is 0 Å². The zero-order valence-corrected chi connectivity index (χ0v) is 37.8. The summed E-state index contributed by atoms with van der Waals surface area (Å²) in [5.74, 6) is -1.77. The second-order valence-corrected chi connectivity index (χ2v) is 19.6. The first-order valence-electron chi connectivity index (χ1n) is 22.8. The van der Waals surface area contributed by atoms with Gasteiger partial charge in [-0.1, -0.05) is 0 Å². The van der Waals surface area contributed by atoms with Crippen molar-refractivity contribution in [3.05, 3.63) is 112 Å². The van der Waals surface area contributed by atoms with Crippen molar-refractivity contribution >= 4 is 55.9 Å². The number of halogens is 2. The van der Waals surface area contributed by atoms with E-state index in [1.54, 1.807) is 11.0 Å². The number of amides is 3. The number of nitriles is 1. The summed E-state index contributed by atoms with van der Waals surface area (Å²) >= 11 is 0. The van der Waals surface area contributed by atoms with Crippen molar-refractivity contribution in [1.29, 1.82) is 5.26 Å². The predicted molar refractivity (Wildman–Crippen MR) is 248 cm³/mol. The fraction of sp³-hybridized carbons (Fsp3) is 0.375. The van der Waals surface area contributed by atoms with Crippen molar-refractivity contribution in [3.8, 4) is 23.3 Å². The summed E-state index contributed by atoms with van der Waals surface area (Å²) in [6, 6.07) is 21.2. The lowest BCUT2D eigenvalue weighted by Crippen LogP contribution is -2.52. The number of benzene rings is 4. The van der Waals surface area contributed by atoms with Crippen LogP contribution >= 0.6 is 0 Å². The lowest BCUT2D eigenvalue weighted by Gasteiger charge is -2.40. The summed E-state index contributed by atoms with van der Waals surface area (Å²) in [6.45, 7) is 6.39. The summed E-state index contributed by atoms with van der Waals surface area (Å²) < 4.78 is 65.2. The number of rotatable bonds is 11. The van der Waals surface area contributed by atoms with Crippen molar-refractivity contribution in [2.75, 3.05) is 73.4 Å². The highest BCUT2D eigenvalue weighted by atomic mass is 32.2. The zero-order valence-electron chi connectivity index (χ0n) is 36.9. The molecule has 0 aliphatic carbocycles. The number of ether oxygens (including phenoxy) is 1. The normalized spacial score (nSPS) is 20.7. The van der Waals surface area contributed by atoms with Crippen molar-refractivity contribution in [2.45, 2.75) is 50.9 Å². The zero-order chi connectivity index (χ0) is 47.3. The topological polar surface area (TPSA) is 194 Å².